The fourth-order valence-electron chi connectivity index (χ4n) is 6.87. The minimum atomic E-state index is 0.559. The van der Waals surface area contributed by atoms with Crippen LogP contribution in [-0.4, -0.2) is 28.2 Å². The Bertz CT molecular complexity index is 2400. The zero-order valence-corrected chi connectivity index (χ0v) is 32.1. The van der Waals surface area contributed by atoms with Crippen LogP contribution in [0.4, 0.5) is 11.4 Å². The molecule has 0 aliphatic heterocycles. The van der Waals surface area contributed by atoms with Crippen LogP contribution in [0.25, 0.3) is 67.8 Å². The van der Waals surface area contributed by atoms with Crippen molar-refractivity contribution in [2.45, 2.75) is 0 Å². The lowest BCUT2D eigenvalue weighted by molar-refractivity contribution is 1.13. The first-order valence-corrected chi connectivity index (χ1v) is 18.6. The van der Waals surface area contributed by atoms with Gasteiger partial charge in [0.05, 0.1) is 23.3 Å². The summed E-state index contributed by atoms with van der Waals surface area (Å²) in [7, 11) is 8.11. The quantitative estimate of drug-likeness (QED) is 0.104. The van der Waals surface area contributed by atoms with E-state index in [1.807, 2.05) is 101 Å². The SMILES string of the molecule is CN(C)c1ccc(-c2cc(/C=C(/C#N)c3ccc(-c4ccccc4)cc3)c(-c3ccc(N(C)C)cc3)cc2/C=C(\C#N)c2ccc(-c3ccccc3)cc2)cc1. The molecule has 0 aliphatic carbocycles. The van der Waals surface area contributed by atoms with Crippen molar-refractivity contribution in [2.24, 2.45) is 0 Å². The highest BCUT2D eigenvalue weighted by molar-refractivity contribution is 5.99. The molecule has 0 saturated heterocycles. The van der Waals surface area contributed by atoms with E-state index in [1.165, 1.54) is 0 Å². The number of nitriles is 2. The van der Waals surface area contributed by atoms with Gasteiger partial charge in [-0.2, -0.15) is 10.5 Å². The molecule has 0 amide bonds. The second-order valence-corrected chi connectivity index (χ2v) is 14.1. The second-order valence-electron chi connectivity index (χ2n) is 14.1. The molecule has 7 aromatic rings. The highest BCUT2D eigenvalue weighted by Crippen LogP contribution is 2.38. The summed E-state index contributed by atoms with van der Waals surface area (Å²) in [5.41, 5.74) is 15.2. The van der Waals surface area contributed by atoms with E-state index >= 15 is 0 Å². The Morgan fingerprint density at radius 3 is 1.00 bits per heavy atom. The Kier molecular flexibility index (Phi) is 11.0. The molecule has 4 heteroatoms. The third-order valence-electron chi connectivity index (χ3n) is 10.1. The van der Waals surface area contributed by atoms with Crippen molar-refractivity contribution in [3.05, 3.63) is 192 Å². The summed E-state index contributed by atoms with van der Waals surface area (Å²) >= 11 is 0. The first-order valence-electron chi connectivity index (χ1n) is 18.6. The summed E-state index contributed by atoms with van der Waals surface area (Å²) in [6.45, 7) is 0. The van der Waals surface area contributed by atoms with Gasteiger partial charge in [-0.3, -0.25) is 0 Å². The third kappa shape index (κ3) is 8.22. The first kappa shape index (κ1) is 36.9. The Hall–Kier alpha value is -7.40. The van der Waals surface area contributed by atoms with Crippen LogP contribution in [-0.2, 0) is 0 Å². The average molecular weight is 723 g/mol. The molecule has 0 unspecified atom stereocenters. The summed E-state index contributed by atoms with van der Waals surface area (Å²) in [5.74, 6) is 0. The lowest BCUT2D eigenvalue weighted by atomic mass is 9.88. The normalized spacial score (nSPS) is 11.4. The summed E-state index contributed by atoms with van der Waals surface area (Å²) in [4.78, 5) is 4.16. The fraction of sp³-hybridized carbons (Fsp3) is 0.0769. The van der Waals surface area contributed by atoms with E-state index in [9.17, 15) is 10.5 Å². The first-order chi connectivity index (χ1) is 27.3. The van der Waals surface area contributed by atoms with Gasteiger partial charge in [0.2, 0.25) is 0 Å². The van der Waals surface area contributed by atoms with Crippen LogP contribution in [0.2, 0.25) is 0 Å². The largest absolute Gasteiger partial charge is 0.378 e. The highest BCUT2D eigenvalue weighted by Gasteiger charge is 2.15. The Balaban J connectivity index is 1.41. The van der Waals surface area contributed by atoms with Gasteiger partial charge in [-0.1, -0.05) is 133 Å². The molecule has 4 nitrogen and oxygen atoms in total. The summed E-state index contributed by atoms with van der Waals surface area (Å²) in [5, 5.41) is 21.2. The maximum Gasteiger partial charge on any atom is 0.0998 e. The number of allylic oxidation sites excluding steroid dienone is 2. The van der Waals surface area contributed by atoms with Crippen LogP contribution in [0.15, 0.2) is 170 Å². The fourth-order valence-corrected chi connectivity index (χ4v) is 6.87. The molecule has 56 heavy (non-hydrogen) atoms. The lowest BCUT2D eigenvalue weighted by Gasteiger charge is -2.18. The summed E-state index contributed by atoms with van der Waals surface area (Å²) < 4.78 is 0. The Morgan fingerprint density at radius 1 is 0.393 bits per heavy atom. The number of rotatable bonds is 10. The van der Waals surface area contributed by atoms with Crippen molar-refractivity contribution in [2.75, 3.05) is 38.0 Å². The number of anilines is 2. The second kappa shape index (κ2) is 16.7. The van der Waals surface area contributed by atoms with E-state index in [0.717, 1.165) is 78.1 Å². The maximum absolute atomic E-state index is 10.6. The molecule has 0 heterocycles. The van der Waals surface area contributed by atoms with Crippen LogP contribution in [0, 0.1) is 22.7 Å². The molecule has 0 N–H and O–H groups in total. The Morgan fingerprint density at radius 2 is 0.696 bits per heavy atom. The molecule has 0 spiro atoms. The highest BCUT2D eigenvalue weighted by atomic mass is 15.1. The number of nitrogens with zero attached hydrogens (tertiary/aromatic N) is 4. The molecule has 7 aromatic carbocycles. The van der Waals surface area contributed by atoms with Gasteiger partial charge in [0.15, 0.2) is 0 Å². The standard InChI is InChI=1S/C52H42N4/c1-55(2)49-27-23-43(24-28-49)51-33-46(32-48(36-54)42-21-17-40(18-22-42)38-13-9-6-10-14-38)52(44-25-29-50(30-26-44)56(3)4)34-45(51)31-47(35-53)41-19-15-39(16-20-41)37-11-7-5-8-12-37/h5-34H,1-4H3/b47-31-,48-32+. The predicted molar refractivity (Wildman–Crippen MR) is 237 cm³/mol. The van der Waals surface area contributed by atoms with Gasteiger partial charge in [0.1, 0.15) is 0 Å². The van der Waals surface area contributed by atoms with E-state index in [-0.39, 0.29) is 0 Å². The van der Waals surface area contributed by atoms with E-state index in [0.29, 0.717) is 11.1 Å². The van der Waals surface area contributed by atoms with Crippen molar-refractivity contribution in [1.29, 1.82) is 10.5 Å². The average Bonchev–Trinajstić information content (AvgIpc) is 3.25. The van der Waals surface area contributed by atoms with Crippen LogP contribution in [0.1, 0.15) is 22.3 Å². The molecule has 0 radical (unpaired) electrons. The van der Waals surface area contributed by atoms with E-state index in [1.54, 1.807) is 0 Å². The smallest absolute Gasteiger partial charge is 0.0998 e. The van der Waals surface area contributed by atoms with Crippen molar-refractivity contribution < 1.29 is 0 Å². The van der Waals surface area contributed by atoms with Crippen molar-refractivity contribution in [1.82, 2.24) is 0 Å². The zero-order valence-electron chi connectivity index (χ0n) is 32.1. The molecule has 0 saturated carbocycles. The molecule has 0 aliphatic rings. The molecule has 270 valence electrons. The van der Waals surface area contributed by atoms with Crippen molar-refractivity contribution >= 4 is 34.7 Å². The molecule has 7 rings (SSSR count). The monoisotopic (exact) mass is 722 g/mol. The Labute approximate surface area is 330 Å². The summed E-state index contributed by atoms with van der Waals surface area (Å²) in [6.07, 6.45) is 3.98. The van der Waals surface area contributed by atoms with Gasteiger partial charge in [-0.25, -0.2) is 0 Å². The molecular formula is C52H42N4. The topological polar surface area (TPSA) is 54.1 Å². The maximum atomic E-state index is 10.6. The molecular weight excluding hydrogens is 681 g/mol. The van der Waals surface area contributed by atoms with E-state index < -0.39 is 0 Å². The molecule has 0 bridgehead atoms. The molecule has 0 aromatic heterocycles. The van der Waals surface area contributed by atoms with Gasteiger partial charge >= 0.3 is 0 Å². The van der Waals surface area contributed by atoms with E-state index in [4.69, 9.17) is 0 Å². The zero-order chi connectivity index (χ0) is 39.0. The minimum absolute atomic E-state index is 0.559. The van der Waals surface area contributed by atoms with Crippen LogP contribution in [0.3, 0.4) is 0 Å². The number of hydrogen-bond acceptors (Lipinski definition) is 4. The number of hydrogen-bond donors (Lipinski definition) is 0. The van der Waals surface area contributed by atoms with Gasteiger partial charge in [-0.15, -0.1) is 0 Å². The lowest BCUT2D eigenvalue weighted by Crippen LogP contribution is -2.08. The minimum Gasteiger partial charge on any atom is -0.378 e. The van der Waals surface area contributed by atoms with Crippen LogP contribution in [0.5, 0.6) is 0 Å². The van der Waals surface area contributed by atoms with Gasteiger partial charge in [0.25, 0.3) is 0 Å². The van der Waals surface area contributed by atoms with Gasteiger partial charge in [-0.05, 0) is 115 Å². The van der Waals surface area contributed by atoms with Gasteiger partial charge < -0.3 is 9.80 Å². The van der Waals surface area contributed by atoms with E-state index in [2.05, 4.69) is 131 Å². The predicted octanol–water partition coefficient (Wildman–Crippen LogP) is 12.6. The summed E-state index contributed by atoms with van der Waals surface area (Å²) in [6, 6.07) is 63.0. The number of benzene rings is 7. The third-order valence-corrected chi connectivity index (χ3v) is 10.1. The van der Waals surface area contributed by atoms with Crippen LogP contribution >= 0.6 is 0 Å². The van der Waals surface area contributed by atoms with Crippen LogP contribution < -0.4 is 9.80 Å². The molecule has 0 atom stereocenters. The van der Waals surface area contributed by atoms with Gasteiger partial charge in [0, 0.05) is 39.6 Å². The van der Waals surface area contributed by atoms with Crippen molar-refractivity contribution in [3.63, 3.8) is 0 Å². The van der Waals surface area contributed by atoms with Crippen molar-refractivity contribution in [3.8, 4) is 56.6 Å². The molecule has 0 fully saturated rings.